The first kappa shape index (κ1) is 19.3. The van der Waals surface area contributed by atoms with Crippen molar-refractivity contribution in [3.8, 4) is 0 Å². The summed E-state index contributed by atoms with van der Waals surface area (Å²) in [6, 6.07) is 15.2. The molecule has 2 N–H and O–H groups in total. The standard InChI is InChI=1S/C21H21FN4O2/c1-14-13-19(23-12-11-15-3-7-17(22)8-4-15)26-21(24-14)25-18-9-5-16(6-10-18)20(27)28-2/h3-10,13H,11-12H2,1-2H3,(H2,23,24,25,26). The van der Waals surface area contributed by atoms with Gasteiger partial charge < -0.3 is 15.4 Å². The number of aromatic nitrogens is 2. The molecule has 0 radical (unpaired) electrons. The third kappa shape index (κ3) is 5.26. The zero-order valence-corrected chi connectivity index (χ0v) is 15.7. The highest BCUT2D eigenvalue weighted by Gasteiger charge is 2.06. The smallest absolute Gasteiger partial charge is 0.337 e. The van der Waals surface area contributed by atoms with Gasteiger partial charge in [-0.15, -0.1) is 0 Å². The predicted octanol–water partition coefficient (Wildman–Crippen LogP) is 4.11. The molecule has 0 atom stereocenters. The Morgan fingerprint density at radius 3 is 2.46 bits per heavy atom. The summed E-state index contributed by atoms with van der Waals surface area (Å²) in [5.74, 6) is 0.530. The van der Waals surface area contributed by atoms with E-state index in [9.17, 15) is 9.18 Å². The SMILES string of the molecule is COC(=O)c1ccc(Nc2nc(C)cc(NCCc3ccc(F)cc3)n2)cc1. The number of methoxy groups -OCH3 is 1. The maximum absolute atomic E-state index is 13.0. The molecule has 28 heavy (non-hydrogen) atoms. The van der Waals surface area contributed by atoms with Gasteiger partial charge in [0.05, 0.1) is 12.7 Å². The summed E-state index contributed by atoms with van der Waals surface area (Å²) in [4.78, 5) is 20.3. The lowest BCUT2D eigenvalue weighted by Crippen LogP contribution is -2.09. The number of hydrogen-bond acceptors (Lipinski definition) is 6. The van der Waals surface area contributed by atoms with Crippen LogP contribution in [0.4, 0.5) is 21.8 Å². The van der Waals surface area contributed by atoms with Gasteiger partial charge in [-0.3, -0.25) is 0 Å². The summed E-state index contributed by atoms with van der Waals surface area (Å²) in [5.41, 5.74) is 3.09. The second-order valence-electron chi connectivity index (χ2n) is 6.22. The summed E-state index contributed by atoms with van der Waals surface area (Å²) >= 11 is 0. The molecule has 2 aromatic carbocycles. The Bertz CT molecular complexity index is 944. The van der Waals surface area contributed by atoms with Gasteiger partial charge in [-0.1, -0.05) is 12.1 Å². The summed E-state index contributed by atoms with van der Waals surface area (Å²) in [6.45, 7) is 2.55. The van der Waals surface area contributed by atoms with E-state index in [1.165, 1.54) is 19.2 Å². The molecule has 0 saturated heterocycles. The quantitative estimate of drug-likeness (QED) is 0.601. The molecule has 0 aliphatic rings. The van der Waals surface area contributed by atoms with Crippen LogP contribution in [0, 0.1) is 12.7 Å². The van der Waals surface area contributed by atoms with E-state index < -0.39 is 0 Å². The van der Waals surface area contributed by atoms with Crippen molar-refractivity contribution in [1.82, 2.24) is 9.97 Å². The van der Waals surface area contributed by atoms with Gasteiger partial charge in [0.25, 0.3) is 0 Å². The van der Waals surface area contributed by atoms with Gasteiger partial charge in [0.1, 0.15) is 11.6 Å². The van der Waals surface area contributed by atoms with E-state index in [1.807, 2.05) is 13.0 Å². The summed E-state index contributed by atoms with van der Waals surface area (Å²) in [7, 11) is 1.35. The summed E-state index contributed by atoms with van der Waals surface area (Å²) in [6.07, 6.45) is 0.751. The lowest BCUT2D eigenvalue weighted by atomic mass is 10.1. The molecule has 3 aromatic rings. The molecule has 0 fully saturated rings. The molecule has 144 valence electrons. The molecule has 0 aliphatic carbocycles. The van der Waals surface area contributed by atoms with Crippen molar-refractivity contribution < 1.29 is 13.9 Å². The van der Waals surface area contributed by atoms with Crippen LogP contribution in [0.5, 0.6) is 0 Å². The summed E-state index contributed by atoms with van der Waals surface area (Å²) in [5, 5.41) is 6.39. The van der Waals surface area contributed by atoms with Crippen LogP contribution in [0.2, 0.25) is 0 Å². The Morgan fingerprint density at radius 2 is 1.79 bits per heavy atom. The van der Waals surface area contributed by atoms with Gasteiger partial charge in [-0.25, -0.2) is 14.2 Å². The molecule has 0 aliphatic heterocycles. The molecule has 1 heterocycles. The number of carbonyl (C=O) groups is 1. The first-order valence-electron chi connectivity index (χ1n) is 8.83. The number of nitrogens with one attached hydrogen (secondary N) is 2. The lowest BCUT2D eigenvalue weighted by Gasteiger charge is -2.10. The van der Waals surface area contributed by atoms with E-state index in [0.29, 0.717) is 23.9 Å². The zero-order chi connectivity index (χ0) is 19.9. The van der Waals surface area contributed by atoms with Crippen LogP contribution in [0.15, 0.2) is 54.6 Å². The second-order valence-corrected chi connectivity index (χ2v) is 6.22. The van der Waals surface area contributed by atoms with Gasteiger partial charge >= 0.3 is 5.97 Å². The normalized spacial score (nSPS) is 10.4. The van der Waals surface area contributed by atoms with Crippen molar-refractivity contribution in [3.63, 3.8) is 0 Å². The van der Waals surface area contributed by atoms with Gasteiger partial charge in [-0.05, 0) is 55.3 Å². The summed E-state index contributed by atoms with van der Waals surface area (Å²) < 4.78 is 17.6. The van der Waals surface area contributed by atoms with Crippen LogP contribution in [0.3, 0.4) is 0 Å². The van der Waals surface area contributed by atoms with E-state index in [0.717, 1.165) is 23.4 Å². The van der Waals surface area contributed by atoms with E-state index in [4.69, 9.17) is 4.74 Å². The maximum Gasteiger partial charge on any atom is 0.337 e. The topological polar surface area (TPSA) is 76.1 Å². The third-order valence-corrected chi connectivity index (χ3v) is 4.05. The highest BCUT2D eigenvalue weighted by Crippen LogP contribution is 2.17. The molecule has 0 amide bonds. The number of aryl methyl sites for hydroxylation is 1. The maximum atomic E-state index is 13.0. The van der Waals surface area contributed by atoms with E-state index in [2.05, 4.69) is 20.6 Å². The molecule has 1 aromatic heterocycles. The average Bonchev–Trinajstić information content (AvgIpc) is 2.69. The Labute approximate surface area is 162 Å². The van der Waals surface area contributed by atoms with Crippen LogP contribution >= 0.6 is 0 Å². The largest absolute Gasteiger partial charge is 0.465 e. The molecule has 0 bridgehead atoms. The van der Waals surface area contributed by atoms with Crippen LogP contribution < -0.4 is 10.6 Å². The number of benzene rings is 2. The molecular weight excluding hydrogens is 359 g/mol. The highest BCUT2D eigenvalue weighted by atomic mass is 19.1. The Hall–Kier alpha value is -3.48. The number of carbonyl (C=O) groups excluding carboxylic acids is 1. The molecule has 6 nitrogen and oxygen atoms in total. The van der Waals surface area contributed by atoms with Crippen LogP contribution in [0.1, 0.15) is 21.6 Å². The monoisotopic (exact) mass is 380 g/mol. The second kappa shape index (κ2) is 8.94. The molecule has 3 rings (SSSR count). The molecule has 7 heteroatoms. The van der Waals surface area contributed by atoms with Crippen LogP contribution in [0.25, 0.3) is 0 Å². The first-order valence-corrected chi connectivity index (χ1v) is 8.83. The number of anilines is 3. The van der Waals surface area contributed by atoms with E-state index in [-0.39, 0.29) is 11.8 Å². The van der Waals surface area contributed by atoms with Crippen molar-refractivity contribution in [1.29, 1.82) is 0 Å². The third-order valence-electron chi connectivity index (χ3n) is 4.05. The lowest BCUT2D eigenvalue weighted by molar-refractivity contribution is 0.0601. The Morgan fingerprint density at radius 1 is 1.07 bits per heavy atom. The minimum Gasteiger partial charge on any atom is -0.465 e. The number of rotatable bonds is 7. The molecular formula is C21H21FN4O2. The van der Waals surface area contributed by atoms with Gasteiger partial charge in [-0.2, -0.15) is 4.98 Å². The van der Waals surface area contributed by atoms with Crippen molar-refractivity contribution in [2.24, 2.45) is 0 Å². The minimum atomic E-state index is -0.383. The first-order chi connectivity index (χ1) is 13.5. The Kier molecular flexibility index (Phi) is 6.16. The van der Waals surface area contributed by atoms with Crippen LogP contribution in [-0.2, 0) is 11.2 Å². The van der Waals surface area contributed by atoms with Crippen molar-refractivity contribution in [2.75, 3.05) is 24.3 Å². The van der Waals surface area contributed by atoms with Crippen molar-refractivity contribution >= 4 is 23.4 Å². The van der Waals surface area contributed by atoms with Crippen LogP contribution in [-0.4, -0.2) is 29.6 Å². The van der Waals surface area contributed by atoms with Crippen molar-refractivity contribution in [2.45, 2.75) is 13.3 Å². The van der Waals surface area contributed by atoms with Crippen molar-refractivity contribution in [3.05, 3.63) is 77.2 Å². The fraction of sp³-hybridized carbons (Fsp3) is 0.190. The highest BCUT2D eigenvalue weighted by molar-refractivity contribution is 5.89. The molecule has 0 unspecified atom stereocenters. The van der Waals surface area contributed by atoms with Gasteiger partial charge in [0.2, 0.25) is 5.95 Å². The molecule has 0 spiro atoms. The molecule has 0 saturated carbocycles. The van der Waals surface area contributed by atoms with E-state index in [1.54, 1.807) is 36.4 Å². The average molecular weight is 380 g/mol. The number of ether oxygens (including phenoxy) is 1. The van der Waals surface area contributed by atoms with Gasteiger partial charge in [0.15, 0.2) is 0 Å². The fourth-order valence-electron chi connectivity index (χ4n) is 2.64. The Balaban J connectivity index is 1.62. The number of halogens is 1. The predicted molar refractivity (Wildman–Crippen MR) is 106 cm³/mol. The van der Waals surface area contributed by atoms with Gasteiger partial charge in [0, 0.05) is 24.0 Å². The van der Waals surface area contributed by atoms with E-state index >= 15 is 0 Å². The zero-order valence-electron chi connectivity index (χ0n) is 15.7. The fourth-order valence-corrected chi connectivity index (χ4v) is 2.64. The number of hydrogen-bond donors (Lipinski definition) is 2. The number of esters is 1. The minimum absolute atomic E-state index is 0.238. The number of nitrogens with zero attached hydrogens (tertiary/aromatic N) is 2.